The molecule has 1 aliphatic rings. The van der Waals surface area contributed by atoms with Crippen LogP contribution in [0.1, 0.15) is 65.2 Å². The molecule has 0 radical (unpaired) electrons. The van der Waals surface area contributed by atoms with Crippen molar-refractivity contribution < 1.29 is 9.59 Å². The molecule has 0 aromatic carbocycles. The number of hydrogen-bond donors (Lipinski definition) is 1. The number of rotatable bonds is 7. The molecule has 1 N–H and O–H groups in total. The van der Waals surface area contributed by atoms with E-state index in [9.17, 15) is 9.59 Å². The Bertz CT molecular complexity index is 284. The molecule has 0 atom stereocenters. The largest absolute Gasteiger partial charge is 0.353 e. The second kappa shape index (κ2) is 8.94. The molecule has 1 heterocycles. The predicted octanol–water partition coefficient (Wildman–Crippen LogP) is 2.47. The summed E-state index contributed by atoms with van der Waals surface area (Å²) in [6.07, 6.45) is 7.15. The van der Waals surface area contributed by atoms with Gasteiger partial charge in [-0.2, -0.15) is 0 Å². The highest BCUT2D eigenvalue weighted by Crippen LogP contribution is 2.13. The third-order valence-corrected chi connectivity index (χ3v) is 3.71. The van der Waals surface area contributed by atoms with E-state index in [1.165, 1.54) is 0 Å². The second-order valence-corrected chi connectivity index (χ2v) is 5.43. The highest BCUT2D eigenvalue weighted by molar-refractivity contribution is 5.77. The Labute approximate surface area is 116 Å². The number of nitrogens with one attached hydrogen (secondary N) is 1. The van der Waals surface area contributed by atoms with Gasteiger partial charge in [0.15, 0.2) is 0 Å². The first-order valence-electron chi connectivity index (χ1n) is 7.74. The van der Waals surface area contributed by atoms with Gasteiger partial charge in [0.2, 0.25) is 11.8 Å². The van der Waals surface area contributed by atoms with Gasteiger partial charge >= 0.3 is 0 Å². The summed E-state index contributed by atoms with van der Waals surface area (Å²) in [6, 6.07) is 0.264. The quantitative estimate of drug-likeness (QED) is 0.771. The summed E-state index contributed by atoms with van der Waals surface area (Å²) in [5.41, 5.74) is 0. The van der Waals surface area contributed by atoms with Crippen LogP contribution in [0.3, 0.4) is 0 Å². The van der Waals surface area contributed by atoms with E-state index in [0.29, 0.717) is 12.8 Å². The Hall–Kier alpha value is -1.06. The van der Waals surface area contributed by atoms with Crippen LogP contribution in [0.15, 0.2) is 0 Å². The Morgan fingerprint density at radius 2 is 1.63 bits per heavy atom. The fourth-order valence-electron chi connectivity index (χ4n) is 2.40. The van der Waals surface area contributed by atoms with E-state index in [-0.39, 0.29) is 17.9 Å². The molecule has 1 saturated heterocycles. The van der Waals surface area contributed by atoms with Crippen LogP contribution in [0.25, 0.3) is 0 Å². The molecule has 0 aliphatic carbocycles. The van der Waals surface area contributed by atoms with Crippen molar-refractivity contribution in [1.29, 1.82) is 0 Å². The van der Waals surface area contributed by atoms with Crippen LogP contribution in [0.2, 0.25) is 0 Å². The normalized spacial score (nSPS) is 16.4. The molecule has 19 heavy (non-hydrogen) atoms. The van der Waals surface area contributed by atoms with Crippen LogP contribution < -0.4 is 5.32 Å². The topological polar surface area (TPSA) is 49.4 Å². The zero-order chi connectivity index (χ0) is 14.1. The van der Waals surface area contributed by atoms with E-state index < -0.39 is 0 Å². The minimum atomic E-state index is 0.164. The minimum Gasteiger partial charge on any atom is -0.353 e. The number of likely N-dealkylation sites (tertiary alicyclic amines) is 1. The number of carbonyl (C=O) groups excluding carboxylic acids is 2. The van der Waals surface area contributed by atoms with Crippen molar-refractivity contribution in [1.82, 2.24) is 10.2 Å². The summed E-state index contributed by atoms with van der Waals surface area (Å²) in [4.78, 5) is 25.4. The molecule has 0 saturated carbocycles. The van der Waals surface area contributed by atoms with Crippen molar-refractivity contribution in [2.75, 3.05) is 13.1 Å². The smallest absolute Gasteiger partial charge is 0.222 e. The molecule has 4 heteroatoms. The Balaban J connectivity index is 2.21. The van der Waals surface area contributed by atoms with Gasteiger partial charge in [0.05, 0.1) is 0 Å². The monoisotopic (exact) mass is 268 g/mol. The Morgan fingerprint density at radius 1 is 1.05 bits per heavy atom. The van der Waals surface area contributed by atoms with Gasteiger partial charge in [0, 0.05) is 32.0 Å². The Morgan fingerprint density at radius 3 is 2.21 bits per heavy atom. The lowest BCUT2D eigenvalue weighted by Gasteiger charge is -2.32. The van der Waals surface area contributed by atoms with E-state index in [4.69, 9.17) is 0 Å². The maximum atomic E-state index is 11.9. The van der Waals surface area contributed by atoms with E-state index >= 15 is 0 Å². The molecule has 0 bridgehead atoms. The minimum absolute atomic E-state index is 0.164. The summed E-state index contributed by atoms with van der Waals surface area (Å²) in [7, 11) is 0. The van der Waals surface area contributed by atoms with Crippen molar-refractivity contribution in [2.45, 2.75) is 71.3 Å². The number of unbranched alkanes of at least 4 members (excludes halogenated alkanes) is 2. The van der Waals surface area contributed by atoms with Crippen LogP contribution in [0.5, 0.6) is 0 Å². The number of carbonyl (C=O) groups is 2. The fourth-order valence-corrected chi connectivity index (χ4v) is 2.40. The number of amides is 2. The van der Waals surface area contributed by atoms with Crippen molar-refractivity contribution in [3.05, 3.63) is 0 Å². The first-order valence-corrected chi connectivity index (χ1v) is 7.74. The predicted molar refractivity (Wildman–Crippen MR) is 76.8 cm³/mol. The first kappa shape index (κ1) is 16.0. The molecular weight excluding hydrogens is 240 g/mol. The highest BCUT2D eigenvalue weighted by Gasteiger charge is 2.23. The van der Waals surface area contributed by atoms with Crippen molar-refractivity contribution in [3.63, 3.8) is 0 Å². The molecule has 0 aromatic rings. The van der Waals surface area contributed by atoms with Gasteiger partial charge in [0.25, 0.3) is 0 Å². The van der Waals surface area contributed by atoms with E-state index in [0.717, 1.165) is 51.6 Å². The molecule has 1 fully saturated rings. The zero-order valence-electron chi connectivity index (χ0n) is 12.4. The number of piperidine rings is 1. The summed E-state index contributed by atoms with van der Waals surface area (Å²) in [6.45, 7) is 5.78. The number of nitrogens with zero attached hydrogens (tertiary/aromatic N) is 1. The molecule has 0 aromatic heterocycles. The van der Waals surface area contributed by atoms with Crippen molar-refractivity contribution in [2.24, 2.45) is 0 Å². The molecule has 2 amide bonds. The highest BCUT2D eigenvalue weighted by atomic mass is 16.2. The third-order valence-electron chi connectivity index (χ3n) is 3.71. The van der Waals surface area contributed by atoms with Crippen molar-refractivity contribution in [3.8, 4) is 0 Å². The average molecular weight is 268 g/mol. The lowest BCUT2D eigenvalue weighted by Crippen LogP contribution is -2.46. The number of hydrogen-bond acceptors (Lipinski definition) is 2. The maximum Gasteiger partial charge on any atom is 0.222 e. The second-order valence-electron chi connectivity index (χ2n) is 5.43. The van der Waals surface area contributed by atoms with E-state index in [1.807, 2.05) is 4.90 Å². The van der Waals surface area contributed by atoms with Crippen LogP contribution in [0, 0.1) is 0 Å². The molecule has 0 spiro atoms. The van der Waals surface area contributed by atoms with E-state index in [2.05, 4.69) is 19.2 Å². The molecule has 0 unspecified atom stereocenters. The van der Waals surface area contributed by atoms with Crippen LogP contribution in [-0.2, 0) is 9.59 Å². The molecule has 110 valence electrons. The van der Waals surface area contributed by atoms with Gasteiger partial charge in [-0.25, -0.2) is 0 Å². The van der Waals surface area contributed by atoms with Crippen LogP contribution in [0.4, 0.5) is 0 Å². The Kier molecular flexibility index (Phi) is 7.53. The molecule has 1 rings (SSSR count). The van der Waals surface area contributed by atoms with E-state index in [1.54, 1.807) is 0 Å². The fraction of sp³-hybridized carbons (Fsp3) is 0.867. The van der Waals surface area contributed by atoms with Gasteiger partial charge in [-0.05, 0) is 25.7 Å². The average Bonchev–Trinajstić information content (AvgIpc) is 2.43. The van der Waals surface area contributed by atoms with Gasteiger partial charge < -0.3 is 10.2 Å². The summed E-state index contributed by atoms with van der Waals surface area (Å²) in [5, 5.41) is 3.08. The summed E-state index contributed by atoms with van der Waals surface area (Å²) >= 11 is 0. The lowest BCUT2D eigenvalue weighted by molar-refractivity contribution is -0.132. The summed E-state index contributed by atoms with van der Waals surface area (Å²) in [5.74, 6) is 0.440. The maximum absolute atomic E-state index is 11.9. The first-order chi connectivity index (χ1) is 9.17. The molecular formula is C15H28N2O2. The van der Waals surface area contributed by atoms with Gasteiger partial charge in [-0.15, -0.1) is 0 Å². The van der Waals surface area contributed by atoms with Gasteiger partial charge in [-0.3, -0.25) is 9.59 Å². The van der Waals surface area contributed by atoms with Crippen molar-refractivity contribution >= 4 is 11.8 Å². The van der Waals surface area contributed by atoms with Gasteiger partial charge in [-0.1, -0.05) is 26.7 Å². The standard InChI is InChI=1S/C15H28N2O2/c1-3-5-7-14(18)16-13-9-11-17(12-10-13)15(19)8-6-4-2/h13H,3-12H2,1-2H3,(H,16,18). The zero-order valence-corrected chi connectivity index (χ0v) is 12.4. The van der Waals surface area contributed by atoms with Crippen LogP contribution >= 0.6 is 0 Å². The SMILES string of the molecule is CCCCC(=O)NC1CCN(C(=O)CCCC)CC1. The van der Waals surface area contributed by atoms with Gasteiger partial charge in [0.1, 0.15) is 0 Å². The summed E-state index contributed by atoms with van der Waals surface area (Å²) < 4.78 is 0. The lowest BCUT2D eigenvalue weighted by atomic mass is 10.0. The molecule has 4 nitrogen and oxygen atoms in total. The third kappa shape index (κ3) is 6.08. The van der Waals surface area contributed by atoms with Crippen LogP contribution in [-0.4, -0.2) is 35.8 Å². The molecule has 1 aliphatic heterocycles.